The lowest BCUT2D eigenvalue weighted by molar-refractivity contribution is 0.467. The minimum atomic E-state index is -1.04. The van der Waals surface area contributed by atoms with Crippen molar-refractivity contribution in [3.05, 3.63) is 0 Å². The van der Waals surface area contributed by atoms with Crippen molar-refractivity contribution in [3.63, 3.8) is 0 Å². The molecule has 1 saturated heterocycles. The zero-order valence-corrected chi connectivity index (χ0v) is 25.7. The lowest BCUT2D eigenvalue weighted by Gasteiger charge is -2.44. The van der Waals surface area contributed by atoms with Crippen molar-refractivity contribution >= 4 is 8.07 Å². The van der Waals surface area contributed by atoms with Crippen LogP contribution >= 0.6 is 0 Å². The highest BCUT2D eigenvalue weighted by molar-refractivity contribution is 6.80. The van der Waals surface area contributed by atoms with Gasteiger partial charge < -0.3 is 0 Å². The van der Waals surface area contributed by atoms with Gasteiger partial charge in [0.25, 0.3) is 0 Å². The summed E-state index contributed by atoms with van der Waals surface area (Å²) in [5.74, 6) is 0. The van der Waals surface area contributed by atoms with Crippen molar-refractivity contribution < 1.29 is 0 Å². The molecule has 0 aromatic rings. The molecule has 1 heteroatoms. The van der Waals surface area contributed by atoms with Gasteiger partial charge in [0.1, 0.15) is 0 Å². The van der Waals surface area contributed by atoms with E-state index in [2.05, 4.69) is 26.9 Å². The van der Waals surface area contributed by atoms with E-state index >= 15 is 0 Å². The molecule has 1 aliphatic rings. The van der Waals surface area contributed by atoms with Crippen molar-refractivity contribution in [2.75, 3.05) is 0 Å². The second kappa shape index (κ2) is 22.4. The molecule has 2 atom stereocenters. The summed E-state index contributed by atoms with van der Waals surface area (Å²) in [6.45, 7) is 10.2. The van der Waals surface area contributed by atoms with E-state index in [1.165, 1.54) is 141 Å². The lowest BCUT2D eigenvalue weighted by atomic mass is 10.0. The molecule has 0 saturated carbocycles. The van der Waals surface area contributed by atoms with Crippen LogP contribution in [-0.2, 0) is 0 Å². The number of hydrogen-bond donors (Lipinski definition) is 0. The molecule has 0 bridgehead atoms. The Hall–Kier alpha value is 0.217. The van der Waals surface area contributed by atoms with Crippen LogP contribution in [0.4, 0.5) is 0 Å². The highest BCUT2D eigenvalue weighted by atomic mass is 28.3. The van der Waals surface area contributed by atoms with Crippen LogP contribution in [0, 0.1) is 0 Å². The average molecular weight is 493 g/mol. The molecule has 0 aromatic heterocycles. The summed E-state index contributed by atoms with van der Waals surface area (Å²) in [4.78, 5) is 0. The third-order valence-corrected chi connectivity index (χ3v) is 14.9. The Labute approximate surface area is 219 Å². The highest BCUT2D eigenvalue weighted by Gasteiger charge is 2.40. The maximum Gasteiger partial charge on any atom is 0.0535 e. The first-order valence-electron chi connectivity index (χ1n) is 16.6. The molecule has 1 heterocycles. The van der Waals surface area contributed by atoms with E-state index in [1.54, 1.807) is 32.1 Å². The van der Waals surface area contributed by atoms with Crippen LogP contribution in [0.2, 0.25) is 24.2 Å². The standard InChI is InChI=1S/C33H68Si/c1-5-7-9-11-13-15-17-19-21-23-25-28-32-30-27-31-33(34(32,3)4)29-26-24-22-20-18-16-14-12-10-8-6-2/h32-33H,5-31H2,1-4H3. The van der Waals surface area contributed by atoms with E-state index in [1.807, 2.05) is 0 Å². The van der Waals surface area contributed by atoms with E-state index in [0.717, 1.165) is 11.1 Å². The topological polar surface area (TPSA) is 0 Å². The van der Waals surface area contributed by atoms with E-state index in [9.17, 15) is 0 Å². The van der Waals surface area contributed by atoms with Gasteiger partial charge in [-0.3, -0.25) is 0 Å². The third kappa shape index (κ3) is 16.1. The Morgan fingerprint density at radius 3 is 0.971 bits per heavy atom. The Kier molecular flexibility index (Phi) is 21.3. The van der Waals surface area contributed by atoms with Crippen molar-refractivity contribution in [1.82, 2.24) is 0 Å². The summed E-state index contributed by atoms with van der Waals surface area (Å²) in [7, 11) is -1.04. The van der Waals surface area contributed by atoms with E-state index in [0.29, 0.717) is 0 Å². The van der Waals surface area contributed by atoms with Crippen molar-refractivity contribution in [2.24, 2.45) is 0 Å². The lowest BCUT2D eigenvalue weighted by Crippen LogP contribution is -2.41. The fourth-order valence-electron chi connectivity index (χ4n) is 6.83. The van der Waals surface area contributed by atoms with Gasteiger partial charge in [-0.15, -0.1) is 0 Å². The van der Waals surface area contributed by atoms with Crippen molar-refractivity contribution in [3.8, 4) is 0 Å². The molecule has 0 aliphatic carbocycles. The largest absolute Gasteiger partial charge is 0.0689 e. The second-order valence-corrected chi connectivity index (χ2v) is 18.1. The Morgan fingerprint density at radius 2 is 0.676 bits per heavy atom. The van der Waals surface area contributed by atoms with Crippen LogP contribution in [0.1, 0.15) is 187 Å². The summed E-state index contributed by atoms with van der Waals surface area (Å²) >= 11 is 0. The number of unbranched alkanes of at least 4 members (excludes halogenated alkanes) is 20. The van der Waals surface area contributed by atoms with Gasteiger partial charge in [0.2, 0.25) is 0 Å². The predicted molar refractivity (Wildman–Crippen MR) is 161 cm³/mol. The third-order valence-electron chi connectivity index (χ3n) is 9.52. The van der Waals surface area contributed by atoms with Gasteiger partial charge >= 0.3 is 0 Å². The van der Waals surface area contributed by atoms with E-state index < -0.39 is 8.07 Å². The second-order valence-electron chi connectivity index (χ2n) is 12.8. The maximum absolute atomic E-state index is 2.78. The molecule has 34 heavy (non-hydrogen) atoms. The first-order chi connectivity index (χ1) is 16.6. The highest BCUT2D eigenvalue weighted by Crippen LogP contribution is 2.49. The molecular formula is C33H68Si. The first-order valence-corrected chi connectivity index (χ1v) is 19.8. The Morgan fingerprint density at radius 1 is 0.412 bits per heavy atom. The molecule has 0 aromatic carbocycles. The molecular weight excluding hydrogens is 424 g/mol. The van der Waals surface area contributed by atoms with Gasteiger partial charge in [-0.2, -0.15) is 0 Å². The SMILES string of the molecule is CCCCCCCCCCCCCC1CCCC(CCCCCCCCCCCCC)[Si]1(C)C. The summed E-state index contributed by atoms with van der Waals surface area (Å²) in [6.07, 6.45) is 40.4. The Bertz CT molecular complexity index is 379. The fourth-order valence-corrected chi connectivity index (χ4v) is 11.3. The summed E-state index contributed by atoms with van der Waals surface area (Å²) < 4.78 is 0. The normalized spacial score (nSPS) is 20.1. The van der Waals surface area contributed by atoms with Gasteiger partial charge in [-0.25, -0.2) is 0 Å². The van der Waals surface area contributed by atoms with Gasteiger partial charge in [0.05, 0.1) is 8.07 Å². The number of hydrogen-bond acceptors (Lipinski definition) is 0. The fraction of sp³-hybridized carbons (Fsp3) is 1.00. The van der Waals surface area contributed by atoms with Crippen LogP contribution in [0.25, 0.3) is 0 Å². The maximum atomic E-state index is 2.78. The molecule has 204 valence electrons. The van der Waals surface area contributed by atoms with E-state index in [4.69, 9.17) is 0 Å². The van der Waals surface area contributed by atoms with Gasteiger partial charge in [-0.05, 0) is 11.1 Å². The molecule has 1 aliphatic heterocycles. The van der Waals surface area contributed by atoms with Crippen LogP contribution in [0.3, 0.4) is 0 Å². The van der Waals surface area contributed by atoms with Crippen LogP contribution in [0.5, 0.6) is 0 Å². The molecule has 2 unspecified atom stereocenters. The van der Waals surface area contributed by atoms with Crippen molar-refractivity contribution in [1.29, 1.82) is 0 Å². The quantitative estimate of drug-likeness (QED) is 0.0927. The van der Waals surface area contributed by atoms with E-state index in [-0.39, 0.29) is 0 Å². The molecule has 0 radical (unpaired) electrons. The molecule has 0 amide bonds. The number of rotatable bonds is 24. The molecule has 0 N–H and O–H groups in total. The van der Waals surface area contributed by atoms with Gasteiger partial charge in [0.15, 0.2) is 0 Å². The first kappa shape index (κ1) is 32.2. The monoisotopic (exact) mass is 493 g/mol. The predicted octanol–water partition coefficient (Wildman–Crippen LogP) is 13.0. The van der Waals surface area contributed by atoms with Crippen molar-refractivity contribution in [2.45, 2.75) is 211 Å². The summed E-state index contributed by atoms with van der Waals surface area (Å²) in [6, 6.07) is 0. The Balaban J connectivity index is 2.02. The molecule has 1 rings (SSSR count). The molecule has 1 fully saturated rings. The minimum Gasteiger partial charge on any atom is -0.0689 e. The zero-order valence-electron chi connectivity index (χ0n) is 24.7. The average Bonchev–Trinajstić information content (AvgIpc) is 2.82. The van der Waals surface area contributed by atoms with Crippen LogP contribution in [-0.4, -0.2) is 8.07 Å². The van der Waals surface area contributed by atoms with Crippen LogP contribution < -0.4 is 0 Å². The minimum absolute atomic E-state index is 1.04. The van der Waals surface area contributed by atoms with Gasteiger partial charge in [0, 0.05) is 0 Å². The zero-order chi connectivity index (χ0) is 24.7. The summed E-state index contributed by atoms with van der Waals surface area (Å²) in [5.41, 5.74) is 2.27. The van der Waals surface area contributed by atoms with Gasteiger partial charge in [-0.1, -0.05) is 200 Å². The molecule has 0 nitrogen and oxygen atoms in total. The van der Waals surface area contributed by atoms with Crippen LogP contribution in [0.15, 0.2) is 0 Å². The summed E-state index contributed by atoms with van der Waals surface area (Å²) in [5, 5.41) is 0. The molecule has 0 spiro atoms. The smallest absolute Gasteiger partial charge is 0.0535 e.